The van der Waals surface area contributed by atoms with Crippen LogP contribution in [0.1, 0.15) is 123 Å². The largest absolute Gasteiger partial charge is 0.393 e. The van der Waals surface area contributed by atoms with Gasteiger partial charge in [0.25, 0.3) is 28.1 Å². The summed E-state index contributed by atoms with van der Waals surface area (Å²) in [5.41, 5.74) is 6.93. The number of aliphatic hydroxyl groups is 1. The van der Waals surface area contributed by atoms with Gasteiger partial charge >= 0.3 is 36.2 Å². The van der Waals surface area contributed by atoms with Gasteiger partial charge in [0.2, 0.25) is 0 Å². The molecule has 596 valence electrons. The van der Waals surface area contributed by atoms with E-state index in [0.717, 1.165) is 160 Å². The third-order valence-electron chi connectivity index (χ3n) is 25.3. The number of hydrogen-bond donors (Lipinski definition) is 2. The van der Waals surface area contributed by atoms with Crippen molar-refractivity contribution < 1.29 is 60.9 Å². The Hall–Kier alpha value is -7.07. The van der Waals surface area contributed by atoms with Crippen LogP contribution in [0.4, 0.5) is 28.8 Å². The minimum Gasteiger partial charge on any atom is -0.393 e. The zero-order valence-electron chi connectivity index (χ0n) is 66.0. The number of benzene rings is 1. The number of aliphatic hydroxyl groups excluding tert-OH is 1. The molecule has 3 N–H and O–H groups in total. The van der Waals surface area contributed by atoms with Crippen molar-refractivity contribution in [2.45, 2.75) is 133 Å². The number of carbonyl (C=O) groups is 9. The van der Waals surface area contributed by atoms with E-state index in [1.807, 2.05) is 57.6 Å². The van der Waals surface area contributed by atoms with E-state index < -0.39 is 10.1 Å². The third-order valence-corrected chi connectivity index (χ3v) is 25.9. The summed E-state index contributed by atoms with van der Waals surface area (Å²) >= 11 is 0. The highest BCUT2D eigenvalue weighted by Gasteiger charge is 2.51. The van der Waals surface area contributed by atoms with E-state index in [2.05, 4.69) is 9.74 Å². The Labute approximate surface area is 635 Å². The topological polar surface area (TPSA) is 293 Å². The number of likely N-dealkylation sites (tertiary alicyclic amines) is 7. The number of imide groups is 1. The number of Topliss-reactive ketones (excluding diaryl/α,β-unsaturated/α-hetero) is 1. The van der Waals surface area contributed by atoms with Crippen LogP contribution in [0.25, 0.3) is 4.85 Å². The predicted octanol–water partition coefficient (Wildman–Crippen LogP) is 6.06. The first-order valence-electron chi connectivity index (χ1n) is 39.2. The fourth-order valence-electron chi connectivity index (χ4n) is 20.4. The molecule has 107 heavy (non-hydrogen) atoms. The first kappa shape index (κ1) is 82.4. The van der Waals surface area contributed by atoms with Crippen LogP contribution in [-0.4, -0.2) is 349 Å². The Kier molecular flexibility index (Phi) is 27.2. The van der Waals surface area contributed by atoms with Crippen LogP contribution < -0.4 is 5.73 Å². The molecule has 0 bridgehead atoms. The van der Waals surface area contributed by atoms with Gasteiger partial charge in [-0.3, -0.25) is 28.3 Å². The van der Waals surface area contributed by atoms with Gasteiger partial charge in [0.05, 0.1) is 29.6 Å². The van der Waals surface area contributed by atoms with E-state index in [9.17, 15) is 56.7 Å². The lowest BCUT2D eigenvalue weighted by Crippen LogP contribution is -2.41. The molecule has 0 aromatic heterocycles. The number of rotatable bonds is 7. The average molecular weight is 1510 g/mol. The summed E-state index contributed by atoms with van der Waals surface area (Å²) in [6.45, 7) is 19.3. The summed E-state index contributed by atoms with van der Waals surface area (Å²) in [5.74, 6) is 7.12. The third kappa shape index (κ3) is 20.1. The van der Waals surface area contributed by atoms with E-state index >= 15 is 0 Å². The highest BCUT2D eigenvalue weighted by Crippen LogP contribution is 2.46. The maximum atomic E-state index is 12.6. The Morgan fingerprint density at radius 2 is 0.813 bits per heavy atom. The Balaban J connectivity index is 0.000000139. The standard InChI is InChI=1S/C18H30N4O.C18H21N3O3.C11H20N2O4S.C10H19N3O.C10H18N2O2.C10H16N2O2/c1-19-17-7-5-9-21(17)8-4-6-14-10-15-12-22(13-16(15)11-14)18(23)20(2)3;1-19(2)18(24)20-9-11-7-13(8-12(11)10-20)21-16(22)14-5-3-4-6-15(14)17(21)23;1-12(2)11(14)13-6-8-4-10(5-9(8)7-13)17-18(3,15)16;1-12(2)10(14)13-5-7-3-9(11)4-8(7)6-13;2*1-11(2)10(14)12-5-7-3-9(13)4-8(7)6-12/h14-17H,4-13H2,2-3H3;3-6,11-13H,7-10H2,1-2H3;8-10H,4-7H2,1-3H3;7-9H,3-6,11H2,1-2H3;7-9,13H,3-6H2,1-2H3;7-8H,3-6H2,1-2H3/t14?,15-,16+,17-;11-,12+,13?;8-,9+,10?;2*7-,8+,9?;/m0...../s1. The normalized spacial score (nSPS) is 32.3. The molecule has 8 heterocycles. The first-order valence-corrected chi connectivity index (χ1v) is 41.0. The van der Waals surface area contributed by atoms with Crippen molar-refractivity contribution in [3.8, 4) is 0 Å². The van der Waals surface area contributed by atoms with Gasteiger partial charge in [-0.2, -0.15) is 8.42 Å². The quantitative estimate of drug-likeness (QED) is 0.178. The maximum absolute atomic E-state index is 12.6. The maximum Gasteiger partial charge on any atom is 0.319 e. The van der Waals surface area contributed by atoms with Crippen LogP contribution in [0, 0.1) is 83.5 Å². The number of amides is 14. The van der Waals surface area contributed by atoms with Crippen LogP contribution in [-0.2, 0) is 19.1 Å². The average Bonchev–Trinajstić information content (AvgIpc) is 1.61. The first-order chi connectivity index (χ1) is 50.5. The highest BCUT2D eigenvalue weighted by molar-refractivity contribution is 7.86. The van der Waals surface area contributed by atoms with Gasteiger partial charge in [0.15, 0.2) is 0 Å². The summed E-state index contributed by atoms with van der Waals surface area (Å²) in [7, 11) is 18.0. The number of urea groups is 6. The molecule has 7 unspecified atom stereocenters. The second kappa shape index (κ2) is 35.3. The molecule has 14 amide bonds. The van der Waals surface area contributed by atoms with Gasteiger partial charge in [-0.05, 0) is 173 Å². The molecule has 1 aromatic carbocycles. The van der Waals surface area contributed by atoms with Crippen LogP contribution in [0.3, 0.4) is 0 Å². The SMILES string of the molecule is CN(C)C(=O)N1CC2CC(=O)CC2C1.CN(C)C(=O)N1C[C@H]2CC(N)C[C@H]2C1.CN(C)C(=O)N1C[C@H]2CC(N3C(=O)c4ccccc4C3=O)C[C@H]2C1.CN(C)C(=O)N1C[C@H]2CC(O)C[C@H]2C1.CN(C)C(=O)N1C[C@H]2CC(OS(C)(=O)=O)C[C@H]2C1.[C-]#[N+][C@@H]1CCCN1CCCC1C[C@@H]2CN(C(=O)N(C)C)C[C@@H]2C1. The summed E-state index contributed by atoms with van der Waals surface area (Å²) in [5, 5.41) is 9.46. The minimum atomic E-state index is -3.37. The summed E-state index contributed by atoms with van der Waals surface area (Å²) in [6.07, 6.45) is 16.7. The second-order valence-electron chi connectivity index (χ2n) is 34.7. The van der Waals surface area contributed by atoms with Crippen molar-refractivity contribution in [3.63, 3.8) is 0 Å². The number of ketones is 1. The Bertz CT molecular complexity index is 3350. The molecule has 14 aliphatic rings. The number of nitrogens with two attached hydrogens (primary N) is 1. The highest BCUT2D eigenvalue weighted by atomic mass is 32.2. The van der Waals surface area contributed by atoms with E-state index in [1.54, 1.807) is 110 Å². The molecular formula is C77H124N16O13S. The van der Waals surface area contributed by atoms with Crippen LogP contribution in [0.2, 0.25) is 0 Å². The zero-order valence-corrected chi connectivity index (χ0v) is 66.8. The molecule has 30 heteroatoms. The lowest BCUT2D eigenvalue weighted by Gasteiger charge is -2.26. The van der Waals surface area contributed by atoms with Crippen molar-refractivity contribution in [1.29, 1.82) is 0 Å². The Morgan fingerprint density at radius 3 is 1.15 bits per heavy atom. The van der Waals surface area contributed by atoms with E-state index in [1.165, 1.54) is 37.0 Å². The lowest BCUT2D eigenvalue weighted by atomic mass is 9.99. The molecule has 7 saturated heterocycles. The summed E-state index contributed by atoms with van der Waals surface area (Å²) < 4.78 is 27.2. The fourth-order valence-corrected chi connectivity index (χ4v) is 21.0. The molecule has 0 spiro atoms. The smallest absolute Gasteiger partial charge is 0.319 e. The molecule has 6 saturated carbocycles. The molecule has 13 fully saturated rings. The van der Waals surface area contributed by atoms with E-state index in [-0.39, 0.29) is 72.4 Å². The van der Waals surface area contributed by atoms with Crippen LogP contribution in [0.5, 0.6) is 0 Å². The molecular weight excluding hydrogens is 1390 g/mol. The van der Waals surface area contributed by atoms with Crippen molar-refractivity contribution in [2.75, 3.05) is 182 Å². The summed E-state index contributed by atoms with van der Waals surface area (Å²) in [6, 6.07) is 7.95. The van der Waals surface area contributed by atoms with Crippen molar-refractivity contribution in [1.82, 2.24) is 68.6 Å². The van der Waals surface area contributed by atoms with Crippen molar-refractivity contribution >= 4 is 63.9 Å². The van der Waals surface area contributed by atoms with Gasteiger partial charge in [0, 0.05) is 208 Å². The zero-order chi connectivity index (χ0) is 77.8. The second-order valence-corrected chi connectivity index (χ2v) is 36.3. The van der Waals surface area contributed by atoms with Gasteiger partial charge in [-0.1, -0.05) is 12.1 Å². The fraction of sp³-hybridized carbons (Fsp3) is 0.792. The lowest BCUT2D eigenvalue weighted by molar-refractivity contribution is -0.118. The summed E-state index contributed by atoms with van der Waals surface area (Å²) in [4.78, 5) is 136. The number of hydrogen-bond acceptors (Lipinski definition) is 15. The molecule has 8 aliphatic heterocycles. The minimum absolute atomic E-state index is 0.0324. The Morgan fingerprint density at radius 1 is 0.495 bits per heavy atom. The van der Waals surface area contributed by atoms with E-state index in [0.29, 0.717) is 108 Å². The van der Waals surface area contributed by atoms with Crippen LogP contribution in [0.15, 0.2) is 24.3 Å². The number of nitrogens with zero attached hydrogens (tertiary/aromatic N) is 15. The molecule has 29 nitrogen and oxygen atoms in total. The monoisotopic (exact) mass is 1510 g/mol. The predicted molar refractivity (Wildman–Crippen MR) is 405 cm³/mol. The molecule has 1 aromatic rings. The van der Waals surface area contributed by atoms with Gasteiger partial charge < -0.3 is 69.6 Å². The van der Waals surface area contributed by atoms with Crippen LogP contribution >= 0.6 is 0 Å². The van der Waals surface area contributed by atoms with Crippen molar-refractivity contribution in [2.24, 2.45) is 82.7 Å². The van der Waals surface area contributed by atoms with Gasteiger partial charge in [0.1, 0.15) is 5.78 Å². The number of fused-ring (bicyclic) bond motifs is 7. The number of carbonyl (C=O) groups excluding carboxylic acids is 9. The molecule has 15 rings (SSSR count). The van der Waals surface area contributed by atoms with Gasteiger partial charge in [-0.15, -0.1) is 0 Å². The molecule has 0 radical (unpaired) electrons. The van der Waals surface area contributed by atoms with E-state index in [4.69, 9.17) is 16.5 Å². The molecule has 6 aliphatic carbocycles. The molecule has 18 atom stereocenters. The van der Waals surface area contributed by atoms with Crippen molar-refractivity contribution in [3.05, 3.63) is 46.8 Å². The van der Waals surface area contributed by atoms with Gasteiger partial charge in [-0.25, -0.2) is 40.2 Å².